The van der Waals surface area contributed by atoms with Gasteiger partial charge in [-0.2, -0.15) is 19.6 Å². The van der Waals surface area contributed by atoms with Crippen molar-refractivity contribution in [2.75, 3.05) is 26.2 Å². The Balaban J connectivity index is 0.000000152. The lowest BCUT2D eigenvalue weighted by Gasteiger charge is -2.57. The summed E-state index contributed by atoms with van der Waals surface area (Å²) in [5.74, 6) is 4.07. The van der Waals surface area contributed by atoms with Gasteiger partial charge < -0.3 is 39.8 Å². The Kier molecular flexibility index (Phi) is 25.0. The topological polar surface area (TPSA) is 170 Å². The molecule has 15 nitrogen and oxygen atoms in total. The summed E-state index contributed by atoms with van der Waals surface area (Å²) in [6.07, 6.45) is 15.6. The Morgan fingerprint density at radius 1 is 0.505 bits per heavy atom. The molecule has 4 atom stereocenters. The van der Waals surface area contributed by atoms with Crippen molar-refractivity contribution >= 4 is 168 Å². The summed E-state index contributed by atoms with van der Waals surface area (Å²) in [7, 11) is 64.8. The van der Waals surface area contributed by atoms with Crippen LogP contribution in [0.2, 0.25) is 0 Å². The van der Waals surface area contributed by atoms with Gasteiger partial charge in [0, 0.05) is 243 Å². The smallest absolute Gasteiger partial charge is 0.410 e. The lowest BCUT2D eigenvalue weighted by atomic mass is 8.38. The number of hydrogen-bond acceptors (Lipinski definition) is 12. The monoisotopic (exact) mass is 1330 g/mol. The van der Waals surface area contributed by atoms with Gasteiger partial charge in [0.2, 0.25) is 23.1 Å². The second-order valence-corrected chi connectivity index (χ2v) is 31.8. The third-order valence-corrected chi connectivity index (χ3v) is 25.1. The summed E-state index contributed by atoms with van der Waals surface area (Å²) in [5, 5.41) is 2.98. The SMILES string of the molecule is C.NC1CCN(C(=O)Oc2ccc([C@@H]3CCC[C@]4(C3)OOC3(O4)C4CC5CC(C4)CC3C5)cc2)CC1.O=C(NC1CCN(C(=O)Oc2ccc([C@@H]3CCC[C@]4(C3)OOC3(O4)C4CC5CC(C4)CC3C5)cc2)CC1)c1ccc(F)cc1.[B][B]B(B([B])[B])B(B(B([B])[B])B([B])[B])B(B([B])[B])B([B])[B]. The van der Waals surface area contributed by atoms with Crippen LogP contribution in [0.4, 0.5) is 14.0 Å². The average Bonchev–Trinajstić information content (AvgIpc) is 1.62. The largest absolute Gasteiger partial charge is 0.415 e. The summed E-state index contributed by atoms with van der Waals surface area (Å²) in [6, 6.07) is 21.5. The minimum absolute atomic E-state index is 0. The minimum Gasteiger partial charge on any atom is -0.410 e. The highest BCUT2D eigenvalue weighted by molar-refractivity contribution is 8.20. The highest BCUT2D eigenvalue weighted by Crippen LogP contribution is 2.66. The van der Waals surface area contributed by atoms with Gasteiger partial charge >= 0.3 is 12.2 Å². The summed E-state index contributed by atoms with van der Waals surface area (Å²) < 4.78 is 38.4. The van der Waals surface area contributed by atoms with Crippen LogP contribution in [0.3, 0.4) is 0 Å². The Labute approximate surface area is 618 Å². The predicted octanol–water partition coefficient (Wildman–Crippen LogP) is 4.44. The number of rotatable bonds is 15. The van der Waals surface area contributed by atoms with E-state index in [1.807, 2.05) is 24.3 Å². The molecule has 495 valence electrons. The van der Waals surface area contributed by atoms with E-state index in [1.54, 1.807) is 9.80 Å². The molecule has 3 N–H and O–H groups in total. The number of likely N-dealkylation sites (tertiary alicyclic amines) is 2. The zero-order valence-corrected chi connectivity index (χ0v) is 57.7. The van der Waals surface area contributed by atoms with Crippen LogP contribution in [0.25, 0.3) is 0 Å². The summed E-state index contributed by atoms with van der Waals surface area (Å²) in [5.41, 5.74) is 8.80. The third kappa shape index (κ3) is 16.9. The van der Waals surface area contributed by atoms with Crippen molar-refractivity contribution in [3.63, 3.8) is 0 Å². The van der Waals surface area contributed by atoms with Gasteiger partial charge in [0.05, 0.1) is 0 Å². The maximum atomic E-state index is 13.2. The number of nitrogens with one attached hydrogen (secondary N) is 1. The summed E-state index contributed by atoms with van der Waals surface area (Å²) in [4.78, 5) is 66.1. The molecule has 0 aromatic heterocycles. The molecule has 3 aromatic rings. The number of piperidine rings is 2. The average molecular weight is 1330 g/mol. The second-order valence-electron chi connectivity index (χ2n) is 31.8. The van der Waals surface area contributed by atoms with E-state index in [4.69, 9.17) is 129 Å². The van der Waals surface area contributed by atoms with E-state index in [9.17, 15) is 18.8 Å². The molecule has 4 aliphatic heterocycles. The number of ether oxygens (including phenoxy) is 4. The fraction of sp³-hybridized carbons (Fsp3) is 0.672. The zero-order chi connectivity index (χ0) is 70.4. The van der Waals surface area contributed by atoms with Gasteiger partial charge in [-0.15, -0.1) is 0 Å². The highest BCUT2D eigenvalue weighted by Gasteiger charge is 2.69. The normalized spacial score (nSPS) is 32.5. The molecule has 4 heterocycles. The maximum absolute atomic E-state index is 13.2. The second kappa shape index (κ2) is 32.6. The first kappa shape index (κ1) is 77.3. The number of benzene rings is 3. The van der Waals surface area contributed by atoms with Crippen LogP contribution in [0.5, 0.6) is 11.5 Å². The maximum Gasteiger partial charge on any atom is 0.415 e. The Morgan fingerprint density at radius 2 is 0.881 bits per heavy atom. The van der Waals surface area contributed by atoms with E-state index < -0.39 is 80.6 Å². The third-order valence-electron chi connectivity index (χ3n) is 25.1. The molecule has 10 saturated carbocycles. The predicted molar refractivity (Wildman–Crippen MR) is 414 cm³/mol. The fourth-order valence-electron chi connectivity index (χ4n) is 20.4. The van der Waals surface area contributed by atoms with Crippen molar-refractivity contribution in [2.24, 2.45) is 53.1 Å². The minimum atomic E-state index is -0.879. The van der Waals surface area contributed by atoms with E-state index in [0.29, 0.717) is 85.7 Å². The molecule has 14 fully saturated rings. The van der Waals surface area contributed by atoms with Gasteiger partial charge in [-0.3, -0.25) is 4.79 Å². The quantitative estimate of drug-likeness (QED) is 0.163. The van der Waals surface area contributed by atoms with Crippen molar-refractivity contribution in [1.29, 1.82) is 0 Å². The Bertz CT molecular complexity index is 3190. The molecule has 37 heteroatoms. The molecule has 0 unspecified atom stereocenters. The first-order valence-corrected chi connectivity index (χ1v) is 37.1. The molecule has 8 bridgehead atoms. The number of nitrogens with zero attached hydrogens (tertiary/aromatic N) is 2. The van der Waals surface area contributed by atoms with Crippen molar-refractivity contribution in [2.45, 2.75) is 196 Å². The summed E-state index contributed by atoms with van der Waals surface area (Å²) >= 11 is 0. The van der Waals surface area contributed by atoms with Gasteiger partial charge in [-0.05, 0) is 211 Å². The van der Waals surface area contributed by atoms with Crippen LogP contribution >= 0.6 is 0 Å². The Hall–Kier alpha value is -3.32. The molecular formula is C64H83B21FN4O11. The summed E-state index contributed by atoms with van der Waals surface area (Å²) in [6.45, 7) is 2.30. The highest BCUT2D eigenvalue weighted by atomic mass is 19.1. The van der Waals surface area contributed by atoms with Crippen LogP contribution < -0.4 is 20.5 Å². The number of amides is 3. The Morgan fingerprint density at radius 3 is 1.24 bits per heavy atom. The molecule has 3 aromatic carbocycles. The molecule has 17 rings (SSSR count). The number of carbonyl (C=O) groups excluding carboxylic acids is 3. The van der Waals surface area contributed by atoms with E-state index in [-0.39, 0.29) is 49.3 Å². The van der Waals surface area contributed by atoms with Crippen LogP contribution in [-0.4, -0.2) is 239 Å². The number of hydrogen-bond donors (Lipinski definition) is 2. The zero-order valence-electron chi connectivity index (χ0n) is 57.7. The van der Waals surface area contributed by atoms with Crippen LogP contribution in [0.15, 0.2) is 72.8 Å². The van der Waals surface area contributed by atoms with E-state index >= 15 is 0 Å². The van der Waals surface area contributed by atoms with Crippen LogP contribution in [0, 0.1) is 53.2 Å². The lowest BCUT2D eigenvalue weighted by Crippen LogP contribution is -2.81. The fourth-order valence-corrected chi connectivity index (χ4v) is 20.4. The first-order valence-electron chi connectivity index (χ1n) is 37.1. The molecule has 3 amide bonds. The van der Waals surface area contributed by atoms with Crippen molar-refractivity contribution < 1.29 is 57.3 Å². The molecular weight excluding hydrogens is 1250 g/mol. The molecule has 101 heavy (non-hydrogen) atoms. The van der Waals surface area contributed by atoms with Crippen molar-refractivity contribution in [1.82, 2.24) is 15.1 Å². The first-order chi connectivity index (χ1) is 47.9. The van der Waals surface area contributed by atoms with Gasteiger partial charge in [-0.25, -0.2) is 14.0 Å². The number of carbonyl (C=O) groups is 3. The number of nitrogens with two attached hydrogens (primary N) is 1. The van der Waals surface area contributed by atoms with Crippen LogP contribution in [-0.2, 0) is 29.0 Å². The van der Waals surface area contributed by atoms with Gasteiger partial charge in [0.1, 0.15) is 17.3 Å². The van der Waals surface area contributed by atoms with E-state index in [1.165, 1.54) is 107 Å². The van der Waals surface area contributed by atoms with Gasteiger partial charge in [0.15, 0.2) is 0 Å². The van der Waals surface area contributed by atoms with Crippen LogP contribution in [0.1, 0.15) is 182 Å². The van der Waals surface area contributed by atoms with E-state index in [2.05, 4.69) is 29.6 Å². The molecule has 10 aliphatic carbocycles. The van der Waals surface area contributed by atoms with Gasteiger partial charge in [0.25, 0.3) is 5.91 Å². The number of halogens is 1. The molecule has 4 spiro atoms. The molecule has 14 aliphatic rings. The standard InChI is InChI=1S/C35H41FN2O6.C28H38N2O5.CH4.B21/c36-29-7-3-25(4-8-29)32(39)37-30-11-14-38(15-12-30)33(40)41-31-9-5-24(6-10-31)26-2-1-13-34(21-26)42-35(44-43-34)27-17-22-16-23(19-27)20-28(35)18-22;29-24-7-10-30(11-8-24)26(31)32-25-5-3-20(4-6-25)21-2-1-9-27(17-21)33-28(35-34-27)22-13-18-12-19(15-22)16-23(28)14-18;;1-12-18(13(2)3)21(19(14(4)5)15(6)7)20(16(8)9)17(10)11/h3-10,22-23,26-28,30H,1-2,11-21H2,(H,37,39);3-6,18-19,21-24H,1-2,7-17,29H2;1H4;/t22?,23?,26-,27?,28?,34-,35?;18?,19?,21-,22?,23?,27-,28?;;/m11../s1. The van der Waals surface area contributed by atoms with Crippen molar-refractivity contribution in [3.05, 3.63) is 95.3 Å². The lowest BCUT2D eigenvalue weighted by molar-refractivity contribution is -0.390. The van der Waals surface area contributed by atoms with E-state index in [0.717, 1.165) is 87.9 Å². The van der Waals surface area contributed by atoms with Crippen molar-refractivity contribution in [3.8, 4) is 11.5 Å². The molecule has 4 saturated heterocycles. The van der Waals surface area contributed by atoms with Gasteiger partial charge in [-0.1, -0.05) is 31.7 Å². The molecule has 23 radical (unpaired) electrons.